The highest BCUT2D eigenvalue weighted by Gasteiger charge is 2.27. The first-order valence-corrected chi connectivity index (χ1v) is 8.35. The molecule has 2 aromatic carbocycles. The van der Waals surface area contributed by atoms with E-state index >= 15 is 0 Å². The fraction of sp³-hybridized carbons (Fsp3) is 0.158. The van der Waals surface area contributed by atoms with Crippen LogP contribution in [0.15, 0.2) is 48.8 Å². The molecule has 0 aliphatic heterocycles. The summed E-state index contributed by atoms with van der Waals surface area (Å²) < 4.78 is 0. The van der Waals surface area contributed by atoms with E-state index in [1.165, 1.54) is 23.0 Å². The number of nitrogens with one attached hydrogen (secondary N) is 1. The van der Waals surface area contributed by atoms with Crippen LogP contribution in [0.2, 0.25) is 0 Å². The van der Waals surface area contributed by atoms with Crippen LogP contribution in [0.4, 0.5) is 23.0 Å². The van der Waals surface area contributed by atoms with Crippen LogP contribution in [-0.2, 0) is 0 Å². The quantitative estimate of drug-likeness (QED) is 0.540. The molecule has 3 N–H and O–H groups in total. The van der Waals surface area contributed by atoms with Crippen molar-refractivity contribution in [2.24, 2.45) is 0 Å². The summed E-state index contributed by atoms with van der Waals surface area (Å²) in [6, 6.07) is 14.3. The molecule has 130 valence electrons. The van der Waals surface area contributed by atoms with Gasteiger partial charge in [0.05, 0.1) is 4.92 Å². The smallest absolute Gasteiger partial charge is 0.353 e. The number of hydrogen-bond acceptors (Lipinski definition) is 6. The maximum Gasteiger partial charge on any atom is 0.353 e. The Hall–Kier alpha value is -3.48. The zero-order chi connectivity index (χ0) is 18.3. The molecule has 0 spiro atoms. The summed E-state index contributed by atoms with van der Waals surface area (Å²) in [7, 11) is 0. The third kappa shape index (κ3) is 2.45. The second kappa shape index (κ2) is 6.11. The van der Waals surface area contributed by atoms with Crippen molar-refractivity contribution in [3.8, 4) is 11.1 Å². The van der Waals surface area contributed by atoms with Crippen LogP contribution in [0.3, 0.4) is 0 Å². The van der Waals surface area contributed by atoms with E-state index in [9.17, 15) is 10.1 Å². The van der Waals surface area contributed by atoms with Crippen LogP contribution in [-0.4, -0.2) is 14.9 Å². The highest BCUT2D eigenvalue weighted by atomic mass is 16.6. The van der Waals surface area contributed by atoms with Crippen LogP contribution < -0.4 is 11.1 Å². The van der Waals surface area contributed by atoms with Crippen LogP contribution >= 0.6 is 0 Å². The first-order valence-electron chi connectivity index (χ1n) is 8.35. The predicted octanol–water partition coefficient (Wildman–Crippen LogP) is 4.23. The molecular weight excluding hydrogens is 330 g/mol. The molecule has 3 aromatic rings. The summed E-state index contributed by atoms with van der Waals surface area (Å²) >= 11 is 0. The third-order valence-corrected chi connectivity index (χ3v) is 4.76. The minimum atomic E-state index is -0.576. The highest BCUT2D eigenvalue weighted by molar-refractivity contribution is 5.83. The first-order chi connectivity index (χ1) is 12.6. The van der Waals surface area contributed by atoms with Crippen molar-refractivity contribution in [2.45, 2.75) is 19.3 Å². The van der Waals surface area contributed by atoms with E-state index < -0.39 is 4.92 Å². The van der Waals surface area contributed by atoms with Gasteiger partial charge in [0.2, 0.25) is 11.6 Å². The monoisotopic (exact) mass is 347 g/mol. The molecule has 0 fully saturated rings. The standard InChI is InChI=1S/C19H17N5O2/c1-2-12-13-5-3-4-6-14(13)16-9-11(7-8-15(12)16)23-19-17(24(25)26)18(20)21-10-22-19/h3-10,12H,2H2,1H3,(H3,20,21,22,23)/t12-/m1/s1. The second-order valence-electron chi connectivity index (χ2n) is 6.19. The molecule has 1 heterocycles. The summed E-state index contributed by atoms with van der Waals surface area (Å²) in [5.74, 6) is 0.296. The molecule has 1 aromatic heterocycles. The molecule has 0 unspecified atom stereocenters. The maximum absolute atomic E-state index is 11.3. The Kier molecular flexibility index (Phi) is 3.76. The zero-order valence-corrected chi connectivity index (χ0v) is 14.1. The number of nitrogen functional groups attached to an aromatic ring is 1. The van der Waals surface area contributed by atoms with E-state index in [0.29, 0.717) is 5.92 Å². The Bertz CT molecular complexity index is 1020. The lowest BCUT2D eigenvalue weighted by molar-refractivity contribution is -0.383. The number of nitro groups is 1. The SMILES string of the molecule is CC[C@@H]1c2ccccc2-c2cc(Nc3ncnc(N)c3[N+](=O)[O-])ccc21. The summed E-state index contributed by atoms with van der Waals surface area (Å²) in [6.45, 7) is 2.18. The number of nitrogens with two attached hydrogens (primary N) is 1. The van der Waals surface area contributed by atoms with Crippen molar-refractivity contribution in [1.82, 2.24) is 9.97 Å². The Balaban J connectivity index is 1.77. The van der Waals surface area contributed by atoms with E-state index in [4.69, 9.17) is 5.73 Å². The molecule has 0 saturated heterocycles. The highest BCUT2D eigenvalue weighted by Crippen LogP contribution is 2.47. The van der Waals surface area contributed by atoms with Gasteiger partial charge in [-0.3, -0.25) is 10.1 Å². The molecule has 7 nitrogen and oxygen atoms in total. The van der Waals surface area contributed by atoms with Gasteiger partial charge in [-0.05, 0) is 40.8 Å². The molecule has 0 radical (unpaired) electrons. The number of rotatable bonds is 4. The van der Waals surface area contributed by atoms with E-state index in [1.807, 2.05) is 18.2 Å². The fourth-order valence-electron chi connectivity index (χ4n) is 3.63. The molecule has 7 heteroatoms. The number of benzene rings is 2. The van der Waals surface area contributed by atoms with Crippen molar-refractivity contribution in [3.63, 3.8) is 0 Å². The number of aromatic nitrogens is 2. The van der Waals surface area contributed by atoms with Crippen molar-refractivity contribution in [2.75, 3.05) is 11.1 Å². The molecule has 26 heavy (non-hydrogen) atoms. The molecule has 1 atom stereocenters. The number of nitrogens with zero attached hydrogens (tertiary/aromatic N) is 3. The van der Waals surface area contributed by atoms with Gasteiger partial charge in [0, 0.05) is 11.6 Å². The van der Waals surface area contributed by atoms with Gasteiger partial charge in [-0.1, -0.05) is 37.3 Å². The summed E-state index contributed by atoms with van der Waals surface area (Å²) in [5, 5.41) is 14.3. The zero-order valence-electron chi connectivity index (χ0n) is 14.1. The van der Waals surface area contributed by atoms with Crippen molar-refractivity contribution in [3.05, 3.63) is 70.0 Å². The van der Waals surface area contributed by atoms with Crippen LogP contribution in [0, 0.1) is 10.1 Å². The lowest BCUT2D eigenvalue weighted by Gasteiger charge is -2.12. The van der Waals surface area contributed by atoms with Gasteiger partial charge >= 0.3 is 5.69 Å². The average Bonchev–Trinajstić information content (AvgIpc) is 2.94. The third-order valence-electron chi connectivity index (χ3n) is 4.76. The molecule has 4 rings (SSSR count). The molecule has 1 aliphatic rings. The van der Waals surface area contributed by atoms with Gasteiger partial charge in [0.25, 0.3) is 0 Å². The van der Waals surface area contributed by atoms with Gasteiger partial charge in [-0.15, -0.1) is 0 Å². The molecule has 0 bridgehead atoms. The molecular formula is C19H17N5O2. The summed E-state index contributed by atoms with van der Waals surface area (Å²) in [6.07, 6.45) is 2.23. The molecule has 0 saturated carbocycles. The first kappa shape index (κ1) is 16.0. The normalized spacial score (nSPS) is 14.6. The summed E-state index contributed by atoms with van der Waals surface area (Å²) in [4.78, 5) is 18.4. The van der Waals surface area contributed by atoms with Gasteiger partial charge in [0.1, 0.15) is 6.33 Å². The number of anilines is 3. The minimum Gasteiger partial charge on any atom is -0.378 e. The van der Waals surface area contributed by atoms with Crippen molar-refractivity contribution in [1.29, 1.82) is 0 Å². The Morgan fingerprint density at radius 1 is 1.15 bits per heavy atom. The Morgan fingerprint density at radius 2 is 1.92 bits per heavy atom. The van der Waals surface area contributed by atoms with E-state index in [2.05, 4.69) is 46.5 Å². The van der Waals surface area contributed by atoms with Gasteiger partial charge < -0.3 is 11.1 Å². The number of fused-ring (bicyclic) bond motifs is 3. The van der Waals surface area contributed by atoms with Gasteiger partial charge in [-0.25, -0.2) is 9.97 Å². The van der Waals surface area contributed by atoms with Gasteiger partial charge in [0.15, 0.2) is 0 Å². The van der Waals surface area contributed by atoms with E-state index in [0.717, 1.165) is 17.7 Å². The van der Waals surface area contributed by atoms with Crippen molar-refractivity contribution >= 4 is 23.0 Å². The van der Waals surface area contributed by atoms with E-state index in [1.54, 1.807) is 0 Å². The average molecular weight is 347 g/mol. The van der Waals surface area contributed by atoms with Crippen molar-refractivity contribution < 1.29 is 4.92 Å². The minimum absolute atomic E-state index is 0.0840. The molecule has 1 aliphatic carbocycles. The Labute approximate surface area is 150 Å². The largest absolute Gasteiger partial charge is 0.378 e. The Morgan fingerprint density at radius 3 is 2.69 bits per heavy atom. The van der Waals surface area contributed by atoms with Gasteiger partial charge in [-0.2, -0.15) is 0 Å². The van der Waals surface area contributed by atoms with Crippen LogP contribution in [0.1, 0.15) is 30.4 Å². The summed E-state index contributed by atoms with van der Waals surface area (Å²) in [5.41, 5.74) is 11.0. The fourth-order valence-corrected chi connectivity index (χ4v) is 3.63. The lowest BCUT2D eigenvalue weighted by atomic mass is 9.94. The predicted molar refractivity (Wildman–Crippen MR) is 100 cm³/mol. The van der Waals surface area contributed by atoms with E-state index in [-0.39, 0.29) is 17.3 Å². The molecule has 0 amide bonds. The second-order valence-corrected chi connectivity index (χ2v) is 6.19. The lowest BCUT2D eigenvalue weighted by Crippen LogP contribution is -2.05. The van der Waals surface area contributed by atoms with Crippen LogP contribution in [0.25, 0.3) is 11.1 Å². The maximum atomic E-state index is 11.3. The number of hydrogen-bond donors (Lipinski definition) is 2. The topological polar surface area (TPSA) is 107 Å². The van der Waals surface area contributed by atoms with Crippen LogP contribution in [0.5, 0.6) is 0 Å².